The highest BCUT2D eigenvalue weighted by Gasteiger charge is 2.15. The Balaban J connectivity index is 2.44. The summed E-state index contributed by atoms with van der Waals surface area (Å²) in [6.07, 6.45) is 9.14. The molecule has 0 saturated heterocycles. The van der Waals surface area contributed by atoms with Crippen molar-refractivity contribution < 1.29 is 0 Å². The molecule has 1 aliphatic rings. The molecule has 0 aromatic rings. The van der Waals surface area contributed by atoms with E-state index >= 15 is 0 Å². The normalized spacial score (nSPS) is 18.2. The Bertz CT molecular complexity index is 219. The predicted octanol–water partition coefficient (Wildman–Crippen LogP) is 3.20. The second-order valence-electron chi connectivity index (χ2n) is 4.95. The highest BCUT2D eigenvalue weighted by Crippen LogP contribution is 2.22. The van der Waals surface area contributed by atoms with Crippen molar-refractivity contribution in [1.82, 2.24) is 10.2 Å². The van der Waals surface area contributed by atoms with Crippen LogP contribution >= 0.6 is 0 Å². The van der Waals surface area contributed by atoms with Gasteiger partial charge in [0.2, 0.25) is 0 Å². The highest BCUT2D eigenvalue weighted by atomic mass is 15.1. The summed E-state index contributed by atoms with van der Waals surface area (Å²) in [6.45, 7) is 11.4. The maximum atomic E-state index is 3.66. The Labute approximate surface area is 107 Å². The summed E-state index contributed by atoms with van der Waals surface area (Å²) in [4.78, 5) is 2.52. The van der Waals surface area contributed by atoms with Crippen LogP contribution in [0.4, 0.5) is 0 Å². The van der Waals surface area contributed by atoms with Crippen molar-refractivity contribution in [3.05, 3.63) is 11.6 Å². The third-order valence-electron chi connectivity index (χ3n) is 3.85. The van der Waals surface area contributed by atoms with E-state index in [9.17, 15) is 0 Å². The molecule has 0 spiro atoms. The predicted molar refractivity (Wildman–Crippen MR) is 76.4 cm³/mol. The first-order chi connectivity index (χ1) is 8.31. The van der Waals surface area contributed by atoms with Gasteiger partial charge in [0.1, 0.15) is 0 Å². The first-order valence-corrected chi connectivity index (χ1v) is 7.46. The van der Waals surface area contributed by atoms with Crippen LogP contribution in [0.5, 0.6) is 0 Å². The Kier molecular flexibility index (Phi) is 7.54. The van der Waals surface area contributed by atoms with Crippen LogP contribution in [-0.4, -0.2) is 37.1 Å². The van der Waals surface area contributed by atoms with E-state index in [4.69, 9.17) is 0 Å². The smallest absolute Gasteiger partial charge is 0.0291 e. The number of likely N-dealkylation sites (N-methyl/N-ethyl adjacent to an activating group) is 1. The second-order valence-corrected chi connectivity index (χ2v) is 4.95. The van der Waals surface area contributed by atoms with Gasteiger partial charge in [-0.25, -0.2) is 0 Å². The SMILES string of the molecule is CCNC(CCN(CC)CC)C1=CCCCC1. The minimum atomic E-state index is 0.626. The summed E-state index contributed by atoms with van der Waals surface area (Å²) in [5.74, 6) is 0. The lowest BCUT2D eigenvalue weighted by molar-refractivity contribution is 0.286. The van der Waals surface area contributed by atoms with E-state index < -0.39 is 0 Å². The molecule has 1 unspecified atom stereocenters. The van der Waals surface area contributed by atoms with Crippen molar-refractivity contribution in [1.29, 1.82) is 0 Å². The van der Waals surface area contributed by atoms with Crippen LogP contribution in [-0.2, 0) is 0 Å². The summed E-state index contributed by atoms with van der Waals surface area (Å²) in [5, 5.41) is 3.66. The minimum absolute atomic E-state index is 0.626. The fourth-order valence-electron chi connectivity index (χ4n) is 2.70. The van der Waals surface area contributed by atoms with Gasteiger partial charge in [-0.2, -0.15) is 0 Å². The van der Waals surface area contributed by atoms with Crippen molar-refractivity contribution in [3.8, 4) is 0 Å². The lowest BCUT2D eigenvalue weighted by atomic mass is 9.92. The molecule has 0 bridgehead atoms. The number of allylic oxidation sites excluding steroid dienone is 1. The molecule has 0 aliphatic heterocycles. The van der Waals surface area contributed by atoms with Crippen LogP contribution in [0.2, 0.25) is 0 Å². The fourth-order valence-corrected chi connectivity index (χ4v) is 2.70. The standard InChI is InChI=1S/C15H30N2/c1-4-16-15(12-13-17(5-2)6-3)14-10-8-7-9-11-14/h10,15-16H,4-9,11-13H2,1-3H3. The Hall–Kier alpha value is -0.340. The van der Waals surface area contributed by atoms with Gasteiger partial charge in [-0.3, -0.25) is 0 Å². The molecule has 1 N–H and O–H groups in total. The Morgan fingerprint density at radius 1 is 1.24 bits per heavy atom. The van der Waals surface area contributed by atoms with Crippen molar-refractivity contribution in [2.75, 3.05) is 26.2 Å². The van der Waals surface area contributed by atoms with Gasteiger partial charge in [0, 0.05) is 6.04 Å². The number of nitrogens with zero attached hydrogens (tertiary/aromatic N) is 1. The Morgan fingerprint density at radius 2 is 2.00 bits per heavy atom. The first kappa shape index (κ1) is 14.7. The summed E-state index contributed by atoms with van der Waals surface area (Å²) in [6, 6.07) is 0.626. The van der Waals surface area contributed by atoms with Gasteiger partial charge in [-0.05, 0) is 58.3 Å². The number of rotatable bonds is 8. The average molecular weight is 238 g/mol. The van der Waals surface area contributed by atoms with E-state index in [1.807, 2.05) is 0 Å². The van der Waals surface area contributed by atoms with Crippen molar-refractivity contribution >= 4 is 0 Å². The molecule has 17 heavy (non-hydrogen) atoms. The number of nitrogens with one attached hydrogen (secondary N) is 1. The Morgan fingerprint density at radius 3 is 2.53 bits per heavy atom. The zero-order valence-corrected chi connectivity index (χ0v) is 12.0. The van der Waals surface area contributed by atoms with Gasteiger partial charge in [-0.15, -0.1) is 0 Å². The quantitative estimate of drug-likeness (QED) is 0.653. The molecule has 0 saturated carbocycles. The van der Waals surface area contributed by atoms with Crippen LogP contribution in [0.1, 0.15) is 52.9 Å². The topological polar surface area (TPSA) is 15.3 Å². The van der Waals surface area contributed by atoms with E-state index in [2.05, 4.69) is 37.1 Å². The maximum Gasteiger partial charge on any atom is 0.0291 e. The van der Waals surface area contributed by atoms with Gasteiger partial charge >= 0.3 is 0 Å². The monoisotopic (exact) mass is 238 g/mol. The first-order valence-electron chi connectivity index (χ1n) is 7.46. The highest BCUT2D eigenvalue weighted by molar-refractivity contribution is 5.13. The van der Waals surface area contributed by atoms with Gasteiger partial charge in [0.25, 0.3) is 0 Å². The van der Waals surface area contributed by atoms with E-state index in [1.165, 1.54) is 51.7 Å². The molecule has 0 heterocycles. The van der Waals surface area contributed by atoms with E-state index in [0.717, 1.165) is 6.54 Å². The molecular formula is C15H30N2. The lowest BCUT2D eigenvalue weighted by Gasteiger charge is -2.27. The maximum absolute atomic E-state index is 3.66. The van der Waals surface area contributed by atoms with Gasteiger partial charge < -0.3 is 10.2 Å². The van der Waals surface area contributed by atoms with Crippen molar-refractivity contribution in [2.24, 2.45) is 0 Å². The van der Waals surface area contributed by atoms with Crippen LogP contribution < -0.4 is 5.32 Å². The molecule has 1 aliphatic carbocycles. The van der Waals surface area contributed by atoms with E-state index in [-0.39, 0.29) is 0 Å². The number of hydrogen-bond acceptors (Lipinski definition) is 2. The lowest BCUT2D eigenvalue weighted by Crippen LogP contribution is -2.36. The summed E-state index contributed by atoms with van der Waals surface area (Å²) < 4.78 is 0. The largest absolute Gasteiger partial charge is 0.310 e. The molecule has 1 rings (SSSR count). The second kappa shape index (κ2) is 8.71. The molecule has 2 nitrogen and oxygen atoms in total. The average Bonchev–Trinajstić information content (AvgIpc) is 2.39. The molecule has 100 valence electrons. The van der Waals surface area contributed by atoms with Crippen LogP contribution in [0.3, 0.4) is 0 Å². The third kappa shape index (κ3) is 5.22. The molecule has 0 radical (unpaired) electrons. The molecule has 2 heteroatoms. The molecule has 0 aromatic carbocycles. The summed E-state index contributed by atoms with van der Waals surface area (Å²) in [5.41, 5.74) is 1.67. The van der Waals surface area contributed by atoms with Crippen LogP contribution in [0.15, 0.2) is 11.6 Å². The van der Waals surface area contributed by atoms with Gasteiger partial charge in [0.05, 0.1) is 0 Å². The van der Waals surface area contributed by atoms with Crippen LogP contribution in [0, 0.1) is 0 Å². The molecule has 1 atom stereocenters. The molecule has 0 aromatic heterocycles. The zero-order valence-electron chi connectivity index (χ0n) is 12.0. The fraction of sp³-hybridized carbons (Fsp3) is 0.867. The van der Waals surface area contributed by atoms with Crippen molar-refractivity contribution in [3.63, 3.8) is 0 Å². The number of hydrogen-bond donors (Lipinski definition) is 1. The van der Waals surface area contributed by atoms with Crippen LogP contribution in [0.25, 0.3) is 0 Å². The van der Waals surface area contributed by atoms with E-state index in [0.29, 0.717) is 6.04 Å². The van der Waals surface area contributed by atoms with Gasteiger partial charge in [0.15, 0.2) is 0 Å². The molecule has 0 amide bonds. The summed E-state index contributed by atoms with van der Waals surface area (Å²) in [7, 11) is 0. The minimum Gasteiger partial charge on any atom is -0.310 e. The van der Waals surface area contributed by atoms with Gasteiger partial charge in [-0.1, -0.05) is 32.4 Å². The summed E-state index contributed by atoms with van der Waals surface area (Å²) >= 11 is 0. The van der Waals surface area contributed by atoms with Crippen molar-refractivity contribution in [2.45, 2.75) is 58.9 Å². The molecule has 0 fully saturated rings. The zero-order chi connectivity index (χ0) is 12.5. The molecular weight excluding hydrogens is 208 g/mol. The van der Waals surface area contributed by atoms with E-state index in [1.54, 1.807) is 5.57 Å². The third-order valence-corrected chi connectivity index (χ3v) is 3.85.